The third kappa shape index (κ3) is 7.48. The van der Waals surface area contributed by atoms with Crippen molar-refractivity contribution in [3.05, 3.63) is 71.4 Å². The Morgan fingerprint density at radius 3 is 2.72 bits per heavy atom. The monoisotopic (exact) mass is 544 g/mol. The maximum absolute atomic E-state index is 13.3. The van der Waals surface area contributed by atoms with Gasteiger partial charge in [0.2, 0.25) is 0 Å². The van der Waals surface area contributed by atoms with Crippen LogP contribution in [0, 0.1) is 11.8 Å². The SMILES string of the molecule is COc1ccc2nccc([C@@H](O)CC[C@@H]3CCN(CCCc4ccccc4C(F)(F)F)C[C@@H]3CC(=O)O)c2c1. The number of aryl methyl sites for hydroxylation is 1. The lowest BCUT2D eigenvalue weighted by atomic mass is 9.79. The molecule has 3 aromatic rings. The fraction of sp³-hybridized carbons (Fsp3) is 0.467. The van der Waals surface area contributed by atoms with Gasteiger partial charge in [0.25, 0.3) is 0 Å². The average Bonchev–Trinajstić information content (AvgIpc) is 2.91. The quantitative estimate of drug-likeness (QED) is 0.303. The van der Waals surface area contributed by atoms with E-state index in [1.165, 1.54) is 12.1 Å². The van der Waals surface area contributed by atoms with Crippen LogP contribution in [0.2, 0.25) is 0 Å². The van der Waals surface area contributed by atoms with E-state index in [1.54, 1.807) is 25.4 Å². The Kier molecular flexibility index (Phi) is 9.45. The van der Waals surface area contributed by atoms with E-state index in [4.69, 9.17) is 4.74 Å². The summed E-state index contributed by atoms with van der Waals surface area (Å²) in [6, 6.07) is 13.0. The summed E-state index contributed by atoms with van der Waals surface area (Å²) >= 11 is 0. The zero-order valence-corrected chi connectivity index (χ0v) is 22.0. The Morgan fingerprint density at radius 1 is 1.18 bits per heavy atom. The Hall–Kier alpha value is -3.17. The maximum atomic E-state index is 13.3. The molecule has 4 rings (SSSR count). The van der Waals surface area contributed by atoms with Crippen molar-refractivity contribution in [3.8, 4) is 5.75 Å². The lowest BCUT2D eigenvalue weighted by Crippen LogP contribution is -2.42. The van der Waals surface area contributed by atoms with Crippen LogP contribution < -0.4 is 4.74 Å². The van der Waals surface area contributed by atoms with E-state index in [2.05, 4.69) is 9.88 Å². The summed E-state index contributed by atoms with van der Waals surface area (Å²) in [5, 5.41) is 21.4. The van der Waals surface area contributed by atoms with Gasteiger partial charge < -0.3 is 19.8 Å². The van der Waals surface area contributed by atoms with Crippen LogP contribution in [0.15, 0.2) is 54.7 Å². The van der Waals surface area contributed by atoms with Crippen LogP contribution in [0.4, 0.5) is 13.2 Å². The van der Waals surface area contributed by atoms with E-state index in [0.717, 1.165) is 35.5 Å². The van der Waals surface area contributed by atoms with Gasteiger partial charge >= 0.3 is 12.1 Å². The topological polar surface area (TPSA) is 82.9 Å². The van der Waals surface area contributed by atoms with Gasteiger partial charge in [0, 0.05) is 24.5 Å². The Labute approximate surface area is 226 Å². The van der Waals surface area contributed by atoms with E-state index in [-0.39, 0.29) is 23.8 Å². The zero-order valence-electron chi connectivity index (χ0n) is 22.0. The van der Waals surface area contributed by atoms with Crippen molar-refractivity contribution in [2.24, 2.45) is 11.8 Å². The number of methoxy groups -OCH3 is 1. The van der Waals surface area contributed by atoms with Gasteiger partial charge in [-0.1, -0.05) is 18.2 Å². The van der Waals surface area contributed by atoms with Crippen molar-refractivity contribution >= 4 is 16.9 Å². The predicted octanol–water partition coefficient (Wildman–Crippen LogP) is 6.12. The van der Waals surface area contributed by atoms with Crippen LogP contribution in [0.25, 0.3) is 10.9 Å². The summed E-state index contributed by atoms with van der Waals surface area (Å²) in [5.41, 5.74) is 1.23. The van der Waals surface area contributed by atoms with E-state index in [0.29, 0.717) is 44.5 Å². The van der Waals surface area contributed by atoms with Gasteiger partial charge in [-0.15, -0.1) is 0 Å². The highest BCUT2D eigenvalue weighted by Crippen LogP contribution is 2.35. The number of carboxylic acid groups (broad SMARTS) is 1. The normalized spacial score (nSPS) is 19.2. The molecule has 0 bridgehead atoms. The summed E-state index contributed by atoms with van der Waals surface area (Å²) in [6.07, 6.45) is -0.555. The number of aliphatic hydroxyl groups excluding tert-OH is 1. The number of carbonyl (C=O) groups is 1. The van der Waals surface area contributed by atoms with Gasteiger partial charge in [0.15, 0.2) is 0 Å². The lowest BCUT2D eigenvalue weighted by molar-refractivity contribution is -0.139. The predicted molar refractivity (Wildman–Crippen MR) is 143 cm³/mol. The second kappa shape index (κ2) is 12.8. The van der Waals surface area contributed by atoms with Gasteiger partial charge in [-0.2, -0.15) is 13.2 Å². The number of benzene rings is 2. The number of aromatic nitrogens is 1. The van der Waals surface area contributed by atoms with E-state index < -0.39 is 23.8 Å². The third-order valence-corrected chi connectivity index (χ3v) is 7.81. The number of hydrogen-bond acceptors (Lipinski definition) is 5. The lowest BCUT2D eigenvalue weighted by Gasteiger charge is -2.38. The molecule has 3 atom stereocenters. The van der Waals surface area contributed by atoms with Gasteiger partial charge in [-0.25, -0.2) is 0 Å². The number of pyridine rings is 1. The minimum absolute atomic E-state index is 0.0313. The molecule has 1 aliphatic rings. The molecule has 1 aromatic heterocycles. The Balaban J connectivity index is 1.35. The molecular formula is C30H35F3N2O4. The highest BCUT2D eigenvalue weighted by molar-refractivity contribution is 5.83. The molecule has 0 amide bonds. The van der Waals surface area contributed by atoms with Crippen molar-refractivity contribution in [3.63, 3.8) is 0 Å². The molecule has 0 saturated carbocycles. The van der Waals surface area contributed by atoms with Gasteiger partial charge in [-0.05, 0) is 98.5 Å². The number of rotatable bonds is 11. The number of carboxylic acids is 1. The molecule has 0 spiro atoms. The minimum Gasteiger partial charge on any atom is -0.497 e. The van der Waals surface area contributed by atoms with Crippen molar-refractivity contribution in [2.75, 3.05) is 26.7 Å². The summed E-state index contributed by atoms with van der Waals surface area (Å²) in [5.74, 6) is -0.126. The standard InChI is InChI=1S/C30H35F3N2O4/c1-39-23-9-10-27-25(18-23)24(12-14-34-27)28(36)11-8-20-13-16-35(19-22(20)17-29(37)38)15-4-6-21-5-2-3-7-26(21)30(31,32)33/h2-3,5,7,9-10,12,14,18,20,22,28,36H,4,6,8,11,13,15-17,19H2,1H3,(H,37,38)/t20-,22+,28+/m1/s1. The summed E-state index contributed by atoms with van der Waals surface area (Å²) in [7, 11) is 1.59. The number of piperidine rings is 1. The first-order valence-electron chi connectivity index (χ1n) is 13.4. The van der Waals surface area contributed by atoms with Gasteiger partial charge in [-0.3, -0.25) is 9.78 Å². The molecule has 9 heteroatoms. The van der Waals surface area contributed by atoms with Gasteiger partial charge in [0.1, 0.15) is 5.75 Å². The molecule has 1 saturated heterocycles. The molecule has 1 aliphatic heterocycles. The zero-order chi connectivity index (χ0) is 28.0. The number of hydrogen-bond donors (Lipinski definition) is 2. The van der Waals surface area contributed by atoms with Gasteiger partial charge in [0.05, 0.1) is 24.3 Å². The number of alkyl halides is 3. The van der Waals surface area contributed by atoms with Crippen LogP contribution in [-0.2, 0) is 17.4 Å². The summed E-state index contributed by atoms with van der Waals surface area (Å²) in [6.45, 7) is 1.96. The first-order chi connectivity index (χ1) is 18.7. The van der Waals surface area contributed by atoms with E-state index in [9.17, 15) is 28.2 Å². The maximum Gasteiger partial charge on any atom is 0.416 e. The van der Waals surface area contributed by atoms with Crippen LogP contribution in [0.3, 0.4) is 0 Å². The summed E-state index contributed by atoms with van der Waals surface area (Å²) in [4.78, 5) is 18.2. The molecular weight excluding hydrogens is 509 g/mol. The summed E-state index contributed by atoms with van der Waals surface area (Å²) < 4.78 is 45.2. The number of aliphatic hydroxyl groups is 1. The van der Waals surface area contributed by atoms with Crippen LogP contribution in [-0.4, -0.2) is 52.8 Å². The smallest absolute Gasteiger partial charge is 0.416 e. The molecule has 210 valence electrons. The number of ether oxygens (including phenoxy) is 1. The first-order valence-corrected chi connectivity index (χ1v) is 13.4. The Morgan fingerprint density at radius 2 is 1.97 bits per heavy atom. The van der Waals surface area contributed by atoms with E-state index >= 15 is 0 Å². The number of nitrogens with zero attached hydrogens (tertiary/aromatic N) is 2. The van der Waals surface area contributed by atoms with Crippen LogP contribution in [0.5, 0.6) is 5.75 Å². The molecule has 0 unspecified atom stereocenters. The third-order valence-electron chi connectivity index (χ3n) is 7.81. The minimum atomic E-state index is -4.37. The Bertz CT molecular complexity index is 1270. The molecule has 0 radical (unpaired) electrons. The number of fused-ring (bicyclic) bond motifs is 1. The molecule has 2 N–H and O–H groups in total. The number of aliphatic carboxylic acids is 1. The fourth-order valence-corrected chi connectivity index (χ4v) is 5.79. The second-order valence-corrected chi connectivity index (χ2v) is 10.3. The molecule has 0 aliphatic carbocycles. The number of halogens is 3. The highest BCUT2D eigenvalue weighted by atomic mass is 19.4. The van der Waals surface area contributed by atoms with Crippen molar-refractivity contribution in [1.29, 1.82) is 0 Å². The highest BCUT2D eigenvalue weighted by Gasteiger charge is 2.33. The second-order valence-electron chi connectivity index (χ2n) is 10.3. The molecule has 39 heavy (non-hydrogen) atoms. The van der Waals surface area contributed by atoms with Crippen LogP contribution in [0.1, 0.15) is 54.9 Å². The van der Waals surface area contributed by atoms with E-state index in [1.807, 2.05) is 18.2 Å². The van der Waals surface area contributed by atoms with Crippen molar-refractivity contribution in [1.82, 2.24) is 9.88 Å². The van der Waals surface area contributed by atoms with Crippen molar-refractivity contribution in [2.45, 2.75) is 50.8 Å². The number of likely N-dealkylation sites (tertiary alicyclic amines) is 1. The molecule has 6 nitrogen and oxygen atoms in total. The first kappa shape index (κ1) is 28.8. The fourth-order valence-electron chi connectivity index (χ4n) is 5.79. The largest absolute Gasteiger partial charge is 0.497 e. The van der Waals surface area contributed by atoms with Crippen molar-refractivity contribution < 1.29 is 32.9 Å². The molecule has 2 aromatic carbocycles. The molecule has 2 heterocycles. The average molecular weight is 545 g/mol. The van der Waals surface area contributed by atoms with Crippen LogP contribution >= 0.6 is 0 Å². The molecule has 1 fully saturated rings.